The van der Waals surface area contributed by atoms with Crippen molar-refractivity contribution in [3.8, 4) is 0 Å². The summed E-state index contributed by atoms with van der Waals surface area (Å²) in [6.07, 6.45) is 91.5. The maximum absolute atomic E-state index is 12.5. The molecule has 0 radical (unpaired) electrons. The van der Waals surface area contributed by atoms with Gasteiger partial charge in [-0.1, -0.05) is 392 Å². The van der Waals surface area contributed by atoms with Crippen LogP contribution in [0.5, 0.6) is 0 Å². The van der Waals surface area contributed by atoms with Crippen molar-refractivity contribution in [2.45, 2.75) is 456 Å². The number of hydrogen-bond acceptors (Lipinski definition) is 5. The van der Waals surface area contributed by atoms with Crippen molar-refractivity contribution in [3.63, 3.8) is 0 Å². The number of aliphatic hydroxyl groups is 2. The first-order chi connectivity index (χ1) is 41.0. The van der Waals surface area contributed by atoms with Gasteiger partial charge in [-0.2, -0.15) is 0 Å². The van der Waals surface area contributed by atoms with Crippen LogP contribution >= 0.6 is 0 Å². The van der Waals surface area contributed by atoms with Gasteiger partial charge in [0.05, 0.1) is 25.4 Å². The minimum absolute atomic E-state index is 0.0223. The van der Waals surface area contributed by atoms with E-state index in [0.29, 0.717) is 25.9 Å². The molecule has 0 aromatic rings. The van der Waals surface area contributed by atoms with Crippen LogP contribution in [0.25, 0.3) is 0 Å². The Morgan fingerprint density at radius 3 is 0.855 bits per heavy atom. The van der Waals surface area contributed by atoms with E-state index in [2.05, 4.69) is 31.3 Å². The van der Waals surface area contributed by atoms with Gasteiger partial charge in [-0.05, 0) is 51.4 Å². The van der Waals surface area contributed by atoms with Gasteiger partial charge in [0.1, 0.15) is 0 Å². The molecule has 0 aromatic carbocycles. The zero-order valence-electron chi connectivity index (χ0n) is 56.7. The third-order valence-electron chi connectivity index (χ3n) is 18.3. The number of hydrogen-bond donors (Lipinski definition) is 3. The van der Waals surface area contributed by atoms with E-state index in [1.165, 1.54) is 372 Å². The average molecular weight is 1170 g/mol. The average Bonchev–Trinajstić information content (AvgIpc) is 3.49. The standard InChI is InChI=1S/C77H151NO5/c1-3-5-7-9-11-13-15-17-19-20-35-38-42-45-49-53-57-61-65-69-75(80)74(73-79)78-76(81)70-66-62-58-54-50-46-43-39-36-33-31-29-27-25-23-21-22-24-26-28-30-32-34-37-40-44-48-52-56-60-64-68-72-83-77(82)71-67-63-59-55-51-47-41-18-16-14-12-10-8-6-4-2/h24,26,74-75,79-80H,3-23,25,27-73H2,1-2H3,(H,78,81)/b26-24-. The van der Waals surface area contributed by atoms with Crippen LogP contribution in [0.2, 0.25) is 0 Å². The van der Waals surface area contributed by atoms with Crippen molar-refractivity contribution in [1.82, 2.24) is 5.32 Å². The van der Waals surface area contributed by atoms with Gasteiger partial charge in [0.2, 0.25) is 5.91 Å². The van der Waals surface area contributed by atoms with Crippen molar-refractivity contribution in [2.24, 2.45) is 0 Å². The van der Waals surface area contributed by atoms with E-state index in [1.807, 2.05) is 0 Å². The minimum atomic E-state index is -0.663. The van der Waals surface area contributed by atoms with Gasteiger partial charge in [0.15, 0.2) is 0 Å². The number of ether oxygens (including phenoxy) is 1. The minimum Gasteiger partial charge on any atom is -0.466 e. The number of carbonyl (C=O) groups is 2. The molecule has 0 bridgehead atoms. The van der Waals surface area contributed by atoms with Crippen LogP contribution in [-0.4, -0.2) is 47.4 Å². The number of esters is 1. The maximum Gasteiger partial charge on any atom is 0.305 e. The number of carbonyl (C=O) groups excluding carboxylic acids is 2. The molecule has 83 heavy (non-hydrogen) atoms. The highest BCUT2D eigenvalue weighted by molar-refractivity contribution is 5.76. The molecule has 0 saturated heterocycles. The summed E-state index contributed by atoms with van der Waals surface area (Å²) in [6.45, 7) is 5.01. The monoisotopic (exact) mass is 1170 g/mol. The molecule has 494 valence electrons. The quantitative estimate of drug-likeness (QED) is 0.0320. The van der Waals surface area contributed by atoms with Gasteiger partial charge in [-0.25, -0.2) is 0 Å². The van der Waals surface area contributed by atoms with Crippen LogP contribution in [0.1, 0.15) is 444 Å². The lowest BCUT2D eigenvalue weighted by Crippen LogP contribution is -2.45. The zero-order chi connectivity index (χ0) is 59.9. The molecule has 6 heteroatoms. The second-order valence-corrected chi connectivity index (χ2v) is 26.7. The molecule has 0 aliphatic rings. The highest BCUT2D eigenvalue weighted by Gasteiger charge is 2.20. The topological polar surface area (TPSA) is 95.9 Å². The normalized spacial score (nSPS) is 12.5. The molecule has 0 aliphatic heterocycles. The summed E-state index contributed by atoms with van der Waals surface area (Å²) >= 11 is 0. The summed E-state index contributed by atoms with van der Waals surface area (Å²) in [4.78, 5) is 24.6. The first kappa shape index (κ1) is 81.6. The highest BCUT2D eigenvalue weighted by Crippen LogP contribution is 2.20. The van der Waals surface area contributed by atoms with Crippen molar-refractivity contribution in [2.75, 3.05) is 13.2 Å². The van der Waals surface area contributed by atoms with Crippen LogP contribution in [-0.2, 0) is 14.3 Å². The van der Waals surface area contributed by atoms with Gasteiger partial charge >= 0.3 is 5.97 Å². The molecule has 1 amide bonds. The number of unbranched alkanes of at least 4 members (excludes halogenated alkanes) is 60. The van der Waals surface area contributed by atoms with E-state index in [1.54, 1.807) is 0 Å². The number of amides is 1. The first-order valence-electron chi connectivity index (χ1n) is 38.4. The molecule has 0 aromatic heterocycles. The molecular weight excluding hydrogens is 1020 g/mol. The Kier molecular flexibility index (Phi) is 71.8. The SMILES string of the molecule is CCCCCCCCCCCCCCCCCCCCCC(O)C(CO)NC(=O)CCCCCCCCCCCCCCCCCC/C=C\CCCCCCCCCCCCCCOC(=O)CCCCCCCCCCCCCCCCC. The molecule has 0 aliphatic carbocycles. The lowest BCUT2D eigenvalue weighted by Gasteiger charge is -2.22. The summed E-state index contributed by atoms with van der Waals surface area (Å²) in [7, 11) is 0. The fourth-order valence-corrected chi connectivity index (χ4v) is 12.5. The molecule has 0 saturated carbocycles. The highest BCUT2D eigenvalue weighted by atomic mass is 16.5. The Hall–Kier alpha value is -1.40. The number of rotatable bonds is 73. The summed E-state index contributed by atoms with van der Waals surface area (Å²) in [5.74, 6) is -0.00501. The van der Waals surface area contributed by atoms with Crippen LogP contribution in [0.3, 0.4) is 0 Å². The van der Waals surface area contributed by atoms with Crippen LogP contribution in [0, 0.1) is 0 Å². The summed E-state index contributed by atoms with van der Waals surface area (Å²) in [6, 6.07) is -0.539. The lowest BCUT2D eigenvalue weighted by atomic mass is 10.0. The largest absolute Gasteiger partial charge is 0.466 e. The van der Waals surface area contributed by atoms with E-state index in [9.17, 15) is 19.8 Å². The van der Waals surface area contributed by atoms with Crippen LogP contribution < -0.4 is 5.32 Å². The second kappa shape index (κ2) is 73.1. The van der Waals surface area contributed by atoms with E-state index in [-0.39, 0.29) is 18.5 Å². The fraction of sp³-hybridized carbons (Fsp3) is 0.948. The van der Waals surface area contributed by atoms with Gasteiger partial charge < -0.3 is 20.3 Å². The third kappa shape index (κ3) is 69.6. The first-order valence-corrected chi connectivity index (χ1v) is 38.4. The number of aliphatic hydroxyl groups excluding tert-OH is 2. The predicted octanol–water partition coefficient (Wildman–Crippen LogP) is 25.1. The summed E-state index contributed by atoms with van der Waals surface area (Å²) in [5.41, 5.74) is 0. The number of allylic oxidation sites excluding steroid dienone is 2. The second-order valence-electron chi connectivity index (χ2n) is 26.7. The molecule has 2 unspecified atom stereocenters. The Bertz CT molecular complexity index is 1260. The van der Waals surface area contributed by atoms with Gasteiger partial charge in [0.25, 0.3) is 0 Å². The van der Waals surface area contributed by atoms with E-state index < -0.39 is 12.1 Å². The Labute approximate surface area is 520 Å². The predicted molar refractivity (Wildman–Crippen MR) is 366 cm³/mol. The van der Waals surface area contributed by atoms with Crippen molar-refractivity contribution in [3.05, 3.63) is 12.2 Å². The van der Waals surface area contributed by atoms with Crippen molar-refractivity contribution >= 4 is 11.9 Å². The maximum atomic E-state index is 12.5. The Morgan fingerprint density at radius 1 is 0.325 bits per heavy atom. The fourth-order valence-electron chi connectivity index (χ4n) is 12.5. The zero-order valence-corrected chi connectivity index (χ0v) is 56.7. The third-order valence-corrected chi connectivity index (χ3v) is 18.3. The molecular formula is C77H151NO5. The van der Waals surface area contributed by atoms with Gasteiger partial charge in [0, 0.05) is 12.8 Å². The summed E-state index contributed by atoms with van der Waals surface area (Å²) in [5, 5.41) is 23.4. The molecule has 0 fully saturated rings. The molecule has 0 heterocycles. The van der Waals surface area contributed by atoms with Gasteiger partial charge in [-0.3, -0.25) is 9.59 Å². The molecule has 3 N–H and O–H groups in total. The molecule has 2 atom stereocenters. The lowest BCUT2D eigenvalue weighted by molar-refractivity contribution is -0.143. The van der Waals surface area contributed by atoms with E-state index >= 15 is 0 Å². The number of nitrogens with one attached hydrogen (secondary N) is 1. The van der Waals surface area contributed by atoms with Gasteiger partial charge in [-0.15, -0.1) is 0 Å². The molecule has 0 rings (SSSR count). The van der Waals surface area contributed by atoms with Crippen LogP contribution in [0.15, 0.2) is 12.2 Å². The van der Waals surface area contributed by atoms with E-state index in [0.717, 1.165) is 38.5 Å². The van der Waals surface area contributed by atoms with Crippen molar-refractivity contribution in [1.29, 1.82) is 0 Å². The molecule has 0 spiro atoms. The Balaban J connectivity index is 3.34. The van der Waals surface area contributed by atoms with E-state index in [4.69, 9.17) is 4.74 Å². The molecule has 6 nitrogen and oxygen atoms in total. The van der Waals surface area contributed by atoms with Crippen molar-refractivity contribution < 1.29 is 24.5 Å². The smallest absolute Gasteiger partial charge is 0.305 e. The summed E-state index contributed by atoms with van der Waals surface area (Å²) < 4.78 is 5.50. The van der Waals surface area contributed by atoms with Crippen LogP contribution in [0.4, 0.5) is 0 Å². The Morgan fingerprint density at radius 2 is 0.566 bits per heavy atom.